The number of carbonyl (C=O) groups is 1. The van der Waals surface area contributed by atoms with Crippen LogP contribution in [0.1, 0.15) is 33.1 Å². The van der Waals surface area contributed by atoms with Gasteiger partial charge in [-0.3, -0.25) is 4.79 Å². The Morgan fingerprint density at radius 2 is 2.30 bits per heavy atom. The third-order valence-corrected chi connectivity index (χ3v) is 3.84. The molecule has 4 N–H and O–H groups in total. The SMILES string of the molecule is CC1(C)CCCC1Nc1cnc2[nH]ccc2n1.NC=O. The van der Waals surface area contributed by atoms with E-state index in [0.717, 1.165) is 17.0 Å². The summed E-state index contributed by atoms with van der Waals surface area (Å²) in [6.07, 6.45) is 7.73. The monoisotopic (exact) mass is 275 g/mol. The van der Waals surface area contributed by atoms with E-state index in [4.69, 9.17) is 4.79 Å². The quantitative estimate of drug-likeness (QED) is 0.731. The lowest BCUT2D eigenvalue weighted by Gasteiger charge is -2.28. The minimum Gasteiger partial charge on any atom is -0.372 e. The third-order valence-electron chi connectivity index (χ3n) is 3.84. The molecular weight excluding hydrogens is 254 g/mol. The number of fused-ring (bicyclic) bond motifs is 1. The van der Waals surface area contributed by atoms with Gasteiger partial charge < -0.3 is 16.0 Å². The molecule has 0 saturated heterocycles. The zero-order valence-corrected chi connectivity index (χ0v) is 11.9. The van der Waals surface area contributed by atoms with E-state index >= 15 is 0 Å². The number of anilines is 1. The second kappa shape index (κ2) is 5.90. The summed E-state index contributed by atoms with van der Waals surface area (Å²) in [5, 5.41) is 3.53. The first-order chi connectivity index (χ1) is 9.56. The maximum Gasteiger partial charge on any atom is 0.204 e. The van der Waals surface area contributed by atoms with E-state index < -0.39 is 0 Å². The van der Waals surface area contributed by atoms with Crippen molar-refractivity contribution in [3.05, 3.63) is 18.5 Å². The number of aromatic nitrogens is 3. The number of hydrogen-bond donors (Lipinski definition) is 3. The number of nitrogens with two attached hydrogens (primary N) is 1. The van der Waals surface area contributed by atoms with Gasteiger partial charge in [-0.25, -0.2) is 9.97 Å². The zero-order chi connectivity index (χ0) is 14.6. The molecule has 0 bridgehead atoms. The molecule has 1 atom stereocenters. The van der Waals surface area contributed by atoms with Crippen LogP contribution in [0.2, 0.25) is 0 Å². The summed E-state index contributed by atoms with van der Waals surface area (Å²) in [6, 6.07) is 2.46. The minimum absolute atomic E-state index is 0.250. The van der Waals surface area contributed by atoms with Crippen LogP contribution in [0.4, 0.5) is 5.82 Å². The van der Waals surface area contributed by atoms with Gasteiger partial charge in [-0.1, -0.05) is 20.3 Å². The van der Waals surface area contributed by atoms with Crippen LogP contribution in [0, 0.1) is 5.41 Å². The number of nitrogens with zero attached hydrogens (tertiary/aromatic N) is 2. The van der Waals surface area contributed by atoms with Gasteiger partial charge in [-0.05, 0) is 24.3 Å². The predicted molar refractivity (Wildman–Crippen MR) is 79.2 cm³/mol. The van der Waals surface area contributed by atoms with Gasteiger partial charge in [0.25, 0.3) is 0 Å². The molecule has 2 aromatic rings. The van der Waals surface area contributed by atoms with Gasteiger partial charge in [0, 0.05) is 12.2 Å². The van der Waals surface area contributed by atoms with Crippen molar-refractivity contribution < 1.29 is 4.79 Å². The number of primary amides is 1. The summed E-state index contributed by atoms with van der Waals surface area (Å²) in [4.78, 5) is 20.5. The number of nitrogens with one attached hydrogen (secondary N) is 2. The van der Waals surface area contributed by atoms with Crippen molar-refractivity contribution in [3.63, 3.8) is 0 Å². The second-order valence-corrected chi connectivity index (χ2v) is 5.68. The van der Waals surface area contributed by atoms with E-state index in [1.54, 1.807) is 0 Å². The number of carbonyl (C=O) groups excluding carboxylic acids is 1. The molecule has 3 rings (SSSR count). The highest BCUT2D eigenvalue weighted by Gasteiger charge is 2.34. The molecule has 1 fully saturated rings. The first kappa shape index (κ1) is 14.3. The van der Waals surface area contributed by atoms with Gasteiger partial charge in [-0.15, -0.1) is 0 Å². The molecular formula is C14H21N5O. The van der Waals surface area contributed by atoms with E-state index in [-0.39, 0.29) is 6.41 Å². The normalized spacial score (nSPS) is 20.2. The van der Waals surface area contributed by atoms with Crippen molar-refractivity contribution in [2.45, 2.75) is 39.2 Å². The lowest BCUT2D eigenvalue weighted by atomic mass is 9.87. The molecule has 1 unspecified atom stereocenters. The Kier molecular flexibility index (Phi) is 4.22. The fourth-order valence-corrected chi connectivity index (χ4v) is 2.67. The molecule has 6 nitrogen and oxygen atoms in total. The van der Waals surface area contributed by atoms with Gasteiger partial charge in [0.05, 0.1) is 6.20 Å². The van der Waals surface area contributed by atoms with Gasteiger partial charge in [0.15, 0.2) is 5.65 Å². The summed E-state index contributed by atoms with van der Waals surface area (Å²) < 4.78 is 0. The second-order valence-electron chi connectivity index (χ2n) is 5.68. The van der Waals surface area contributed by atoms with E-state index in [1.165, 1.54) is 19.3 Å². The Balaban J connectivity index is 0.000000452. The first-order valence-electron chi connectivity index (χ1n) is 6.79. The van der Waals surface area contributed by atoms with E-state index in [2.05, 4.69) is 39.8 Å². The Bertz CT molecular complexity index is 578. The lowest BCUT2D eigenvalue weighted by Crippen LogP contribution is -2.31. The van der Waals surface area contributed by atoms with Crippen LogP contribution in [0.3, 0.4) is 0 Å². The van der Waals surface area contributed by atoms with Gasteiger partial charge in [0.2, 0.25) is 6.41 Å². The molecule has 6 heteroatoms. The van der Waals surface area contributed by atoms with Gasteiger partial charge in [0.1, 0.15) is 11.3 Å². The van der Waals surface area contributed by atoms with Gasteiger partial charge in [-0.2, -0.15) is 0 Å². The summed E-state index contributed by atoms with van der Waals surface area (Å²) in [6.45, 7) is 4.64. The first-order valence-corrected chi connectivity index (χ1v) is 6.79. The Morgan fingerprint density at radius 3 is 2.95 bits per heavy atom. The highest BCUT2D eigenvalue weighted by atomic mass is 16.1. The standard InChI is InChI=1S/C13H18N4.CH3NO/c1-13(2)6-3-4-10(13)17-11-8-15-12-9(16-11)5-7-14-12;2-1-3/h5,7-8,10H,3-4,6H2,1-2H3,(H,14,15)(H,16,17);1H,(H2,2,3). The van der Waals surface area contributed by atoms with E-state index in [1.807, 2.05) is 18.5 Å². The van der Waals surface area contributed by atoms with Gasteiger partial charge >= 0.3 is 0 Å². The van der Waals surface area contributed by atoms with Crippen molar-refractivity contribution in [1.29, 1.82) is 0 Å². The molecule has 0 aromatic carbocycles. The Hall–Kier alpha value is -2.11. The van der Waals surface area contributed by atoms with Crippen LogP contribution in [0.15, 0.2) is 18.5 Å². The molecule has 2 aromatic heterocycles. The van der Waals surface area contributed by atoms with Crippen LogP contribution in [0.5, 0.6) is 0 Å². The molecule has 0 radical (unpaired) electrons. The molecule has 1 amide bonds. The number of hydrogen-bond acceptors (Lipinski definition) is 4. The van der Waals surface area contributed by atoms with Crippen LogP contribution in [-0.2, 0) is 4.79 Å². The topological polar surface area (TPSA) is 96.7 Å². The minimum atomic E-state index is 0.250. The van der Waals surface area contributed by atoms with Crippen LogP contribution in [0.25, 0.3) is 11.2 Å². The molecule has 1 aliphatic carbocycles. The zero-order valence-electron chi connectivity index (χ0n) is 11.9. The summed E-state index contributed by atoms with van der Waals surface area (Å²) in [5.74, 6) is 0.886. The van der Waals surface area contributed by atoms with Crippen molar-refractivity contribution in [3.8, 4) is 0 Å². The average Bonchev–Trinajstić information content (AvgIpc) is 2.97. The summed E-state index contributed by atoms with van der Waals surface area (Å²) in [5.41, 5.74) is 6.29. The van der Waals surface area contributed by atoms with Crippen LogP contribution < -0.4 is 11.1 Å². The largest absolute Gasteiger partial charge is 0.372 e. The average molecular weight is 275 g/mol. The van der Waals surface area contributed by atoms with Crippen molar-refractivity contribution in [1.82, 2.24) is 15.0 Å². The van der Waals surface area contributed by atoms with E-state index in [9.17, 15) is 0 Å². The smallest absolute Gasteiger partial charge is 0.204 e. The number of aromatic amines is 1. The van der Waals surface area contributed by atoms with Crippen LogP contribution in [-0.4, -0.2) is 27.4 Å². The Morgan fingerprint density at radius 1 is 1.55 bits per heavy atom. The molecule has 20 heavy (non-hydrogen) atoms. The predicted octanol–water partition coefficient (Wildman–Crippen LogP) is 2.05. The lowest BCUT2D eigenvalue weighted by molar-refractivity contribution is -0.106. The van der Waals surface area contributed by atoms with Crippen LogP contribution >= 0.6 is 0 Å². The molecule has 1 saturated carbocycles. The van der Waals surface area contributed by atoms with Crippen molar-refractivity contribution in [2.24, 2.45) is 11.1 Å². The number of rotatable bonds is 2. The van der Waals surface area contributed by atoms with Crippen molar-refractivity contribution in [2.75, 3.05) is 5.32 Å². The Labute approximate surface area is 118 Å². The highest BCUT2D eigenvalue weighted by Crippen LogP contribution is 2.38. The number of amides is 1. The summed E-state index contributed by atoms with van der Waals surface area (Å²) >= 11 is 0. The molecule has 0 aliphatic heterocycles. The van der Waals surface area contributed by atoms with E-state index in [0.29, 0.717) is 11.5 Å². The van der Waals surface area contributed by atoms with Crippen molar-refractivity contribution >= 4 is 23.4 Å². The fourth-order valence-electron chi connectivity index (χ4n) is 2.67. The number of H-pyrrole nitrogens is 1. The summed E-state index contributed by atoms with van der Waals surface area (Å²) in [7, 11) is 0. The fraction of sp³-hybridized carbons (Fsp3) is 0.500. The highest BCUT2D eigenvalue weighted by molar-refractivity contribution is 5.71. The molecule has 1 aliphatic rings. The maximum atomic E-state index is 8.58. The maximum absolute atomic E-state index is 8.58. The third kappa shape index (κ3) is 3.07. The molecule has 108 valence electrons. The molecule has 2 heterocycles. The molecule has 0 spiro atoms.